The SMILES string of the molecule is CC(C)c1csc(NC(=O)[C@@]23CCCC[C@H]2CNC3)n1.Cl. The minimum atomic E-state index is -0.193. The van der Waals surface area contributed by atoms with Gasteiger partial charge in [-0.3, -0.25) is 4.79 Å². The Hall–Kier alpha value is -0.650. The number of aromatic nitrogens is 1. The van der Waals surface area contributed by atoms with E-state index in [1.165, 1.54) is 30.6 Å². The van der Waals surface area contributed by atoms with Crippen molar-refractivity contribution in [1.82, 2.24) is 10.3 Å². The first kappa shape index (κ1) is 16.7. The van der Waals surface area contributed by atoms with E-state index in [4.69, 9.17) is 0 Å². The third kappa shape index (κ3) is 3.10. The van der Waals surface area contributed by atoms with Crippen LogP contribution in [0.4, 0.5) is 5.13 Å². The molecule has 1 aliphatic heterocycles. The highest BCUT2D eigenvalue weighted by Crippen LogP contribution is 2.44. The van der Waals surface area contributed by atoms with Gasteiger partial charge in [-0.15, -0.1) is 23.7 Å². The normalized spacial score (nSPS) is 28.0. The predicted octanol–water partition coefficient (Wildman–Crippen LogP) is 3.41. The number of fused-ring (bicyclic) bond motifs is 1. The number of rotatable bonds is 3. The number of hydrogen-bond donors (Lipinski definition) is 2. The van der Waals surface area contributed by atoms with E-state index in [1.54, 1.807) is 0 Å². The van der Waals surface area contributed by atoms with Crippen molar-refractivity contribution >= 4 is 34.8 Å². The lowest BCUT2D eigenvalue weighted by Gasteiger charge is -2.36. The van der Waals surface area contributed by atoms with Gasteiger partial charge in [-0.25, -0.2) is 4.98 Å². The molecule has 2 atom stereocenters. The van der Waals surface area contributed by atoms with Gasteiger partial charge in [0.2, 0.25) is 5.91 Å². The molecular formula is C15H24ClN3OS. The summed E-state index contributed by atoms with van der Waals surface area (Å²) in [7, 11) is 0. The summed E-state index contributed by atoms with van der Waals surface area (Å²) in [6, 6.07) is 0. The molecule has 1 saturated heterocycles. The van der Waals surface area contributed by atoms with Crippen molar-refractivity contribution in [3.8, 4) is 0 Å². The Labute approximate surface area is 136 Å². The Morgan fingerprint density at radius 1 is 1.52 bits per heavy atom. The Balaban J connectivity index is 0.00000161. The van der Waals surface area contributed by atoms with Crippen molar-refractivity contribution < 1.29 is 4.79 Å². The highest BCUT2D eigenvalue weighted by atomic mass is 35.5. The molecule has 4 nitrogen and oxygen atoms in total. The summed E-state index contributed by atoms with van der Waals surface area (Å²) in [4.78, 5) is 17.3. The van der Waals surface area contributed by atoms with Crippen LogP contribution in [0.1, 0.15) is 51.1 Å². The molecule has 1 saturated carbocycles. The molecule has 2 N–H and O–H groups in total. The van der Waals surface area contributed by atoms with Crippen molar-refractivity contribution in [2.24, 2.45) is 11.3 Å². The molecule has 0 bridgehead atoms. The Morgan fingerprint density at radius 2 is 2.33 bits per heavy atom. The average Bonchev–Trinajstić information content (AvgIpc) is 3.04. The summed E-state index contributed by atoms with van der Waals surface area (Å²) >= 11 is 1.54. The summed E-state index contributed by atoms with van der Waals surface area (Å²) in [5, 5.41) is 9.29. The minimum Gasteiger partial charge on any atom is -0.315 e. The third-order valence-electron chi connectivity index (χ3n) is 4.82. The van der Waals surface area contributed by atoms with Gasteiger partial charge in [0, 0.05) is 11.9 Å². The van der Waals surface area contributed by atoms with Gasteiger partial charge in [0.25, 0.3) is 0 Å². The van der Waals surface area contributed by atoms with Crippen LogP contribution >= 0.6 is 23.7 Å². The van der Waals surface area contributed by atoms with Gasteiger partial charge in [-0.1, -0.05) is 26.7 Å². The van der Waals surface area contributed by atoms with Crippen LogP contribution in [0.3, 0.4) is 0 Å². The number of halogens is 1. The smallest absolute Gasteiger partial charge is 0.233 e. The number of carbonyl (C=O) groups excluding carboxylic acids is 1. The fourth-order valence-electron chi connectivity index (χ4n) is 3.52. The Bertz CT molecular complexity index is 505. The van der Waals surface area contributed by atoms with E-state index in [9.17, 15) is 4.79 Å². The molecule has 3 rings (SSSR count). The van der Waals surface area contributed by atoms with Crippen LogP contribution in [0.2, 0.25) is 0 Å². The van der Waals surface area contributed by atoms with Crippen LogP contribution < -0.4 is 10.6 Å². The zero-order chi connectivity index (χ0) is 14.2. The van der Waals surface area contributed by atoms with Gasteiger partial charge in [0.05, 0.1) is 11.1 Å². The van der Waals surface area contributed by atoms with Crippen LogP contribution in [-0.4, -0.2) is 24.0 Å². The van der Waals surface area contributed by atoms with Crippen LogP contribution in [0.25, 0.3) is 0 Å². The Morgan fingerprint density at radius 3 is 3.05 bits per heavy atom. The van der Waals surface area contributed by atoms with Gasteiger partial charge in [0.15, 0.2) is 5.13 Å². The minimum absolute atomic E-state index is 0. The maximum atomic E-state index is 12.8. The molecule has 1 aromatic rings. The summed E-state index contributed by atoms with van der Waals surface area (Å²) in [5.74, 6) is 1.09. The number of anilines is 1. The number of nitrogens with zero attached hydrogens (tertiary/aromatic N) is 1. The van der Waals surface area contributed by atoms with E-state index in [1.807, 2.05) is 5.38 Å². The van der Waals surface area contributed by atoms with Crippen LogP contribution in [-0.2, 0) is 4.79 Å². The molecule has 1 amide bonds. The molecule has 1 aliphatic carbocycles. The lowest BCUT2D eigenvalue weighted by atomic mass is 9.68. The summed E-state index contributed by atoms with van der Waals surface area (Å²) in [5.41, 5.74) is 0.870. The second-order valence-electron chi connectivity index (χ2n) is 6.42. The maximum Gasteiger partial charge on any atom is 0.233 e. The van der Waals surface area contributed by atoms with Crippen LogP contribution in [0.5, 0.6) is 0 Å². The molecule has 0 radical (unpaired) electrons. The fourth-order valence-corrected chi connectivity index (χ4v) is 4.39. The van der Waals surface area contributed by atoms with E-state index < -0.39 is 0 Å². The number of carbonyl (C=O) groups is 1. The summed E-state index contributed by atoms with van der Waals surface area (Å²) < 4.78 is 0. The molecule has 2 heterocycles. The van der Waals surface area contributed by atoms with Crippen LogP contribution in [0, 0.1) is 11.3 Å². The molecule has 0 unspecified atom stereocenters. The van der Waals surface area contributed by atoms with E-state index in [0.29, 0.717) is 11.8 Å². The zero-order valence-corrected chi connectivity index (χ0v) is 14.3. The zero-order valence-electron chi connectivity index (χ0n) is 12.6. The van der Waals surface area contributed by atoms with Crippen molar-refractivity contribution in [2.45, 2.75) is 45.4 Å². The van der Waals surface area contributed by atoms with Crippen molar-refractivity contribution in [2.75, 3.05) is 18.4 Å². The molecule has 2 aliphatic rings. The monoisotopic (exact) mass is 329 g/mol. The second-order valence-corrected chi connectivity index (χ2v) is 7.27. The van der Waals surface area contributed by atoms with Crippen molar-refractivity contribution in [1.29, 1.82) is 0 Å². The molecular weight excluding hydrogens is 306 g/mol. The van der Waals surface area contributed by atoms with Gasteiger partial charge >= 0.3 is 0 Å². The van der Waals surface area contributed by atoms with Gasteiger partial charge in [-0.05, 0) is 31.2 Å². The summed E-state index contributed by atoms with van der Waals surface area (Å²) in [6.07, 6.45) is 4.62. The largest absolute Gasteiger partial charge is 0.315 e. The molecule has 1 aromatic heterocycles. The molecule has 6 heteroatoms. The number of hydrogen-bond acceptors (Lipinski definition) is 4. The molecule has 21 heavy (non-hydrogen) atoms. The average molecular weight is 330 g/mol. The lowest BCUT2D eigenvalue weighted by Crippen LogP contribution is -2.44. The molecule has 118 valence electrons. The Kier molecular flexibility index (Phi) is 5.28. The fraction of sp³-hybridized carbons (Fsp3) is 0.733. The van der Waals surface area contributed by atoms with Gasteiger partial charge in [0.1, 0.15) is 0 Å². The van der Waals surface area contributed by atoms with E-state index in [-0.39, 0.29) is 23.7 Å². The predicted molar refractivity (Wildman–Crippen MR) is 89.3 cm³/mol. The van der Waals surface area contributed by atoms with Crippen molar-refractivity contribution in [3.05, 3.63) is 11.1 Å². The number of thiazole rings is 1. The third-order valence-corrected chi connectivity index (χ3v) is 5.60. The quantitative estimate of drug-likeness (QED) is 0.893. The van der Waals surface area contributed by atoms with Gasteiger partial charge in [-0.2, -0.15) is 0 Å². The first-order valence-electron chi connectivity index (χ1n) is 7.59. The molecule has 2 fully saturated rings. The first-order valence-corrected chi connectivity index (χ1v) is 8.47. The van der Waals surface area contributed by atoms with Crippen molar-refractivity contribution in [3.63, 3.8) is 0 Å². The summed E-state index contributed by atoms with van der Waals surface area (Å²) in [6.45, 7) is 6.06. The number of nitrogens with one attached hydrogen (secondary N) is 2. The highest BCUT2D eigenvalue weighted by Gasteiger charge is 2.49. The second kappa shape index (κ2) is 6.63. The van der Waals surface area contributed by atoms with E-state index in [2.05, 4.69) is 29.5 Å². The highest BCUT2D eigenvalue weighted by molar-refractivity contribution is 7.13. The molecule has 0 aromatic carbocycles. The maximum absolute atomic E-state index is 12.8. The molecule has 0 spiro atoms. The lowest BCUT2D eigenvalue weighted by molar-refractivity contribution is -0.128. The van der Waals surface area contributed by atoms with Gasteiger partial charge < -0.3 is 10.6 Å². The van der Waals surface area contributed by atoms with Crippen LogP contribution in [0.15, 0.2) is 5.38 Å². The first-order chi connectivity index (χ1) is 9.62. The number of amides is 1. The van der Waals surface area contributed by atoms with E-state index in [0.717, 1.165) is 30.3 Å². The standard InChI is InChI=1S/C15H23N3OS.ClH/c1-10(2)12-8-20-14(17-12)18-13(19)15-6-4-3-5-11(15)7-16-9-15;/h8,10-11,16H,3-7,9H2,1-2H3,(H,17,18,19);1H/t11-,15+;/m0./s1. The topological polar surface area (TPSA) is 54.0 Å². The van der Waals surface area contributed by atoms with E-state index >= 15 is 0 Å².